The van der Waals surface area contributed by atoms with E-state index in [0.29, 0.717) is 18.0 Å². The van der Waals surface area contributed by atoms with Crippen LogP contribution < -0.4 is 11.4 Å². The Morgan fingerprint density at radius 3 is 2.75 bits per heavy atom. The molecule has 104 valence electrons. The summed E-state index contributed by atoms with van der Waals surface area (Å²) in [5.41, 5.74) is -0.647. The minimum Gasteiger partial charge on any atom is -0.372 e. The van der Waals surface area contributed by atoms with Gasteiger partial charge in [0.25, 0.3) is 5.69 Å². The standard InChI is InChI=1S/C13H12N2O5/c16-12-10-7-9(15(18)19)3-4-11(10)14(13(17)20-12)6-5-8-1-2-8/h3-4,7-8H,1-2,5-6H2. The van der Waals surface area contributed by atoms with Gasteiger partial charge < -0.3 is 4.42 Å². The lowest BCUT2D eigenvalue weighted by Gasteiger charge is -2.07. The Labute approximate surface area is 112 Å². The van der Waals surface area contributed by atoms with Crippen LogP contribution in [0.1, 0.15) is 19.3 Å². The van der Waals surface area contributed by atoms with Crippen molar-refractivity contribution < 1.29 is 9.34 Å². The van der Waals surface area contributed by atoms with Gasteiger partial charge in [-0.2, -0.15) is 0 Å². The van der Waals surface area contributed by atoms with Crippen LogP contribution in [0, 0.1) is 16.0 Å². The Hall–Kier alpha value is -2.44. The first-order valence-corrected chi connectivity index (χ1v) is 6.38. The van der Waals surface area contributed by atoms with Crippen LogP contribution in [0.3, 0.4) is 0 Å². The second kappa shape index (κ2) is 4.59. The van der Waals surface area contributed by atoms with Crippen molar-refractivity contribution in [2.24, 2.45) is 5.92 Å². The van der Waals surface area contributed by atoms with Gasteiger partial charge in [0.1, 0.15) is 0 Å². The SMILES string of the molecule is O=c1oc(=O)n(CCC2CC2)c2ccc([N+](=O)[O-])cc12. The molecule has 7 nitrogen and oxygen atoms in total. The van der Waals surface area contributed by atoms with Crippen LogP contribution in [0.25, 0.3) is 10.9 Å². The predicted octanol–water partition coefficient (Wildman–Crippen LogP) is 1.66. The Kier molecular flexibility index (Phi) is 2.89. The van der Waals surface area contributed by atoms with Crippen LogP contribution in [0.15, 0.2) is 32.2 Å². The molecule has 7 heteroatoms. The first-order chi connectivity index (χ1) is 9.56. The van der Waals surface area contributed by atoms with E-state index >= 15 is 0 Å². The highest BCUT2D eigenvalue weighted by molar-refractivity contribution is 5.80. The van der Waals surface area contributed by atoms with Crippen molar-refractivity contribution in [3.8, 4) is 0 Å². The van der Waals surface area contributed by atoms with Gasteiger partial charge in [0, 0.05) is 18.7 Å². The van der Waals surface area contributed by atoms with Crippen molar-refractivity contribution in [2.75, 3.05) is 0 Å². The summed E-state index contributed by atoms with van der Waals surface area (Å²) in [5.74, 6) is -0.0843. The fraction of sp³-hybridized carbons (Fsp3) is 0.385. The zero-order valence-corrected chi connectivity index (χ0v) is 10.6. The lowest BCUT2D eigenvalue weighted by Crippen LogP contribution is -2.25. The van der Waals surface area contributed by atoms with Crippen molar-refractivity contribution >= 4 is 16.6 Å². The molecular formula is C13H12N2O5. The van der Waals surface area contributed by atoms with E-state index in [1.807, 2.05) is 0 Å². The van der Waals surface area contributed by atoms with E-state index in [9.17, 15) is 19.7 Å². The summed E-state index contributed by atoms with van der Waals surface area (Å²) >= 11 is 0. The number of non-ortho nitro benzene ring substituents is 1. The zero-order chi connectivity index (χ0) is 14.3. The Morgan fingerprint density at radius 1 is 1.35 bits per heavy atom. The van der Waals surface area contributed by atoms with Gasteiger partial charge >= 0.3 is 11.4 Å². The third-order valence-corrected chi connectivity index (χ3v) is 3.56. The van der Waals surface area contributed by atoms with Crippen LogP contribution in [-0.4, -0.2) is 9.49 Å². The van der Waals surface area contributed by atoms with Crippen molar-refractivity contribution in [3.63, 3.8) is 0 Å². The van der Waals surface area contributed by atoms with E-state index in [2.05, 4.69) is 4.42 Å². The highest BCUT2D eigenvalue weighted by atomic mass is 16.6. The molecule has 0 spiro atoms. The topological polar surface area (TPSA) is 95.3 Å². The molecule has 0 radical (unpaired) electrons. The van der Waals surface area contributed by atoms with E-state index < -0.39 is 16.3 Å². The zero-order valence-electron chi connectivity index (χ0n) is 10.6. The van der Waals surface area contributed by atoms with Crippen molar-refractivity contribution in [1.29, 1.82) is 0 Å². The molecule has 0 amide bonds. The van der Waals surface area contributed by atoms with Gasteiger partial charge in [-0.15, -0.1) is 0 Å². The molecule has 0 atom stereocenters. The van der Waals surface area contributed by atoms with E-state index in [1.54, 1.807) is 0 Å². The molecular weight excluding hydrogens is 264 g/mol. The third kappa shape index (κ3) is 2.22. The number of hydrogen-bond donors (Lipinski definition) is 0. The number of rotatable bonds is 4. The summed E-state index contributed by atoms with van der Waals surface area (Å²) in [7, 11) is 0. The summed E-state index contributed by atoms with van der Waals surface area (Å²) in [6.45, 7) is 0.460. The maximum atomic E-state index is 11.8. The molecule has 1 aromatic carbocycles. The van der Waals surface area contributed by atoms with Gasteiger partial charge in [-0.3, -0.25) is 14.7 Å². The maximum absolute atomic E-state index is 11.8. The summed E-state index contributed by atoms with van der Waals surface area (Å²) in [4.78, 5) is 33.6. The molecule has 1 aliphatic rings. The second-order valence-electron chi connectivity index (χ2n) is 5.00. The number of hydrogen-bond acceptors (Lipinski definition) is 5. The molecule has 1 aromatic heterocycles. The molecule has 0 bridgehead atoms. The second-order valence-corrected chi connectivity index (χ2v) is 5.00. The monoisotopic (exact) mass is 276 g/mol. The van der Waals surface area contributed by atoms with Gasteiger partial charge in [0.05, 0.1) is 15.8 Å². The molecule has 0 saturated heterocycles. The van der Waals surface area contributed by atoms with Crippen LogP contribution >= 0.6 is 0 Å². The molecule has 20 heavy (non-hydrogen) atoms. The van der Waals surface area contributed by atoms with Crippen molar-refractivity contribution in [3.05, 3.63) is 49.3 Å². The number of nitrogens with zero attached hydrogens (tertiary/aromatic N) is 2. The predicted molar refractivity (Wildman–Crippen MR) is 70.7 cm³/mol. The average Bonchev–Trinajstić information content (AvgIpc) is 3.22. The van der Waals surface area contributed by atoms with E-state index in [0.717, 1.165) is 25.3 Å². The van der Waals surface area contributed by atoms with Gasteiger partial charge in [-0.1, -0.05) is 12.8 Å². The van der Waals surface area contributed by atoms with E-state index in [1.165, 1.54) is 16.7 Å². The van der Waals surface area contributed by atoms with Crippen molar-refractivity contribution in [2.45, 2.75) is 25.8 Å². The van der Waals surface area contributed by atoms with Gasteiger partial charge in [-0.25, -0.2) is 9.59 Å². The lowest BCUT2D eigenvalue weighted by molar-refractivity contribution is -0.384. The number of fused-ring (bicyclic) bond motifs is 1. The fourth-order valence-corrected chi connectivity index (χ4v) is 2.25. The van der Waals surface area contributed by atoms with E-state index in [4.69, 9.17) is 0 Å². The molecule has 0 unspecified atom stereocenters. The van der Waals surface area contributed by atoms with Crippen LogP contribution in [0.4, 0.5) is 5.69 Å². The number of nitro benzene ring substituents is 1. The average molecular weight is 276 g/mol. The quantitative estimate of drug-likeness (QED) is 0.625. The first kappa shape index (κ1) is 12.6. The third-order valence-electron chi connectivity index (χ3n) is 3.56. The minimum atomic E-state index is -0.837. The number of aromatic nitrogens is 1. The summed E-state index contributed by atoms with van der Waals surface area (Å²) in [5, 5.41) is 10.8. The van der Waals surface area contributed by atoms with Crippen LogP contribution in [0.2, 0.25) is 0 Å². The molecule has 1 saturated carbocycles. The molecule has 1 heterocycles. The lowest BCUT2D eigenvalue weighted by atomic mass is 10.2. The van der Waals surface area contributed by atoms with Gasteiger partial charge in [0.15, 0.2) is 0 Å². The molecule has 0 aliphatic heterocycles. The molecule has 3 rings (SSSR count). The van der Waals surface area contributed by atoms with Crippen LogP contribution in [0.5, 0.6) is 0 Å². The smallest absolute Gasteiger partial charge is 0.372 e. The molecule has 1 aliphatic carbocycles. The first-order valence-electron chi connectivity index (χ1n) is 6.38. The number of nitro groups is 1. The van der Waals surface area contributed by atoms with Gasteiger partial charge in [-0.05, 0) is 18.4 Å². The van der Waals surface area contributed by atoms with E-state index in [-0.39, 0.29) is 11.1 Å². The highest BCUT2D eigenvalue weighted by Gasteiger charge is 2.22. The van der Waals surface area contributed by atoms with Crippen LogP contribution in [-0.2, 0) is 6.54 Å². The number of aryl methyl sites for hydroxylation is 1. The normalized spacial score (nSPS) is 14.6. The van der Waals surface area contributed by atoms with Crippen molar-refractivity contribution in [1.82, 2.24) is 4.57 Å². The van der Waals surface area contributed by atoms with Gasteiger partial charge in [0.2, 0.25) is 0 Å². The summed E-state index contributed by atoms with van der Waals surface area (Å²) < 4.78 is 6.01. The maximum Gasteiger partial charge on any atom is 0.422 e. The Balaban J connectivity index is 2.15. The Morgan fingerprint density at radius 2 is 2.10 bits per heavy atom. The summed E-state index contributed by atoms with van der Waals surface area (Å²) in [6, 6.07) is 3.86. The Bertz CT molecular complexity index is 800. The largest absolute Gasteiger partial charge is 0.422 e. The molecule has 1 fully saturated rings. The minimum absolute atomic E-state index is 0.0644. The molecule has 0 N–H and O–H groups in total. The summed E-state index contributed by atoms with van der Waals surface area (Å²) in [6.07, 6.45) is 3.17. The highest BCUT2D eigenvalue weighted by Crippen LogP contribution is 2.32. The fourth-order valence-electron chi connectivity index (χ4n) is 2.25. The molecule has 2 aromatic rings. The number of benzene rings is 1.